The number of esters is 1. The van der Waals surface area contributed by atoms with Crippen LogP contribution in [0.25, 0.3) is 0 Å². The maximum absolute atomic E-state index is 14.2. The Kier molecular flexibility index (Phi) is 6.96. The summed E-state index contributed by atoms with van der Waals surface area (Å²) >= 11 is 0. The maximum atomic E-state index is 14.2. The van der Waals surface area contributed by atoms with Crippen LogP contribution in [-0.2, 0) is 20.9 Å². The van der Waals surface area contributed by atoms with Gasteiger partial charge in [0.1, 0.15) is 12.4 Å². The number of fused-ring (bicyclic) bond motifs is 7. The van der Waals surface area contributed by atoms with Crippen molar-refractivity contribution in [3.63, 3.8) is 0 Å². The summed E-state index contributed by atoms with van der Waals surface area (Å²) in [5.41, 5.74) is 1.55. The van der Waals surface area contributed by atoms with Crippen molar-refractivity contribution in [2.24, 2.45) is 56.7 Å². The van der Waals surface area contributed by atoms with Gasteiger partial charge in [-0.1, -0.05) is 70.2 Å². The van der Waals surface area contributed by atoms with E-state index < -0.39 is 10.8 Å². The van der Waals surface area contributed by atoms with Crippen LogP contribution in [0.15, 0.2) is 42.5 Å². The quantitative estimate of drug-likeness (QED) is 0.293. The average Bonchev–Trinajstić information content (AvgIpc) is 3.36. The first-order valence-electron chi connectivity index (χ1n) is 16.4. The number of hydrogen-bond acceptors (Lipinski definition) is 4. The molecule has 10 atom stereocenters. The summed E-state index contributed by atoms with van der Waals surface area (Å²) in [6.07, 6.45) is 9.82. The monoisotopic (exact) mass is 560 g/mol. The van der Waals surface area contributed by atoms with Crippen molar-refractivity contribution >= 4 is 11.8 Å². The third-order valence-corrected chi connectivity index (χ3v) is 14.6. The van der Waals surface area contributed by atoms with E-state index in [-0.39, 0.29) is 46.4 Å². The average molecular weight is 561 g/mol. The highest BCUT2D eigenvalue weighted by Gasteiger charge is 2.72. The number of aliphatic hydroxyl groups excluding tert-OH is 1. The van der Waals surface area contributed by atoms with Gasteiger partial charge in [0.05, 0.1) is 17.4 Å². The van der Waals surface area contributed by atoms with Crippen LogP contribution < -0.4 is 0 Å². The van der Waals surface area contributed by atoms with Crippen molar-refractivity contribution in [3.05, 3.63) is 48.0 Å². The summed E-state index contributed by atoms with van der Waals surface area (Å²) in [5, 5.41) is 10.5. The van der Waals surface area contributed by atoms with E-state index in [0.29, 0.717) is 30.8 Å². The molecule has 5 fully saturated rings. The second-order valence-corrected chi connectivity index (χ2v) is 15.9. The summed E-state index contributed by atoms with van der Waals surface area (Å²) in [5.74, 6) is 2.14. The van der Waals surface area contributed by atoms with Crippen LogP contribution in [0.4, 0.5) is 0 Å². The molecular formula is C37H52O4. The Bertz CT molecular complexity index is 1220. The Balaban J connectivity index is 1.34. The Hall–Kier alpha value is -1.94. The predicted molar refractivity (Wildman–Crippen MR) is 162 cm³/mol. The number of ether oxygens (including phenoxy) is 1. The molecule has 224 valence electrons. The van der Waals surface area contributed by atoms with Crippen molar-refractivity contribution in [1.82, 2.24) is 0 Å². The number of hydrogen-bond donors (Lipinski definition) is 1. The highest BCUT2D eigenvalue weighted by Crippen LogP contribution is 2.77. The molecule has 1 N–H and O–H groups in total. The first kappa shape index (κ1) is 29.1. The second-order valence-electron chi connectivity index (χ2n) is 15.9. The number of ketones is 1. The molecule has 0 unspecified atom stereocenters. The minimum Gasteiger partial charge on any atom is -0.460 e. The first-order valence-corrected chi connectivity index (χ1v) is 16.4. The number of carbonyl (C=O) groups is 2. The normalized spacial score (nSPS) is 47.0. The molecule has 0 saturated heterocycles. The van der Waals surface area contributed by atoms with Gasteiger partial charge in [0.15, 0.2) is 0 Å². The van der Waals surface area contributed by atoms with E-state index in [0.717, 1.165) is 63.4 Å². The van der Waals surface area contributed by atoms with Gasteiger partial charge in [-0.3, -0.25) is 9.59 Å². The number of aliphatic hydroxyl groups is 1. The third-order valence-electron chi connectivity index (χ3n) is 14.6. The van der Waals surface area contributed by atoms with Crippen LogP contribution in [-0.4, -0.2) is 23.5 Å². The molecule has 1 aromatic carbocycles. The van der Waals surface area contributed by atoms with Gasteiger partial charge in [-0.2, -0.15) is 0 Å². The highest BCUT2D eigenvalue weighted by molar-refractivity contribution is 5.86. The number of allylic oxidation sites excluding steroid dienone is 1. The van der Waals surface area contributed by atoms with Gasteiger partial charge >= 0.3 is 5.97 Å². The van der Waals surface area contributed by atoms with Gasteiger partial charge in [-0.25, -0.2) is 0 Å². The summed E-state index contributed by atoms with van der Waals surface area (Å²) < 4.78 is 6.15. The fourth-order valence-electron chi connectivity index (χ4n) is 12.2. The van der Waals surface area contributed by atoms with Gasteiger partial charge in [-0.05, 0) is 116 Å². The topological polar surface area (TPSA) is 63.6 Å². The van der Waals surface area contributed by atoms with Crippen LogP contribution >= 0.6 is 0 Å². The first-order chi connectivity index (χ1) is 19.4. The molecule has 0 amide bonds. The van der Waals surface area contributed by atoms with Gasteiger partial charge < -0.3 is 9.84 Å². The van der Waals surface area contributed by atoms with Gasteiger partial charge in [-0.15, -0.1) is 0 Å². The van der Waals surface area contributed by atoms with Gasteiger partial charge in [0.2, 0.25) is 0 Å². The SMILES string of the molecule is C=C(C)[C@@H]1CC[C@]2(C(=O)OCc3ccccc3)CC[C@]3(C)[C@H](CC[C@@H]4[C@@]5(C)CCC(=O)[C@@](C)(CO)[C@@H]5CC[C@]43C)[C@@H]12. The number of Topliss-reactive ketones (excluding diaryl/α,β-unsaturated/α-hetero) is 1. The molecule has 5 saturated carbocycles. The lowest BCUT2D eigenvalue weighted by Gasteiger charge is -2.72. The van der Waals surface area contributed by atoms with Crippen LogP contribution in [0.2, 0.25) is 0 Å². The van der Waals surface area contributed by atoms with E-state index in [1.165, 1.54) is 5.57 Å². The van der Waals surface area contributed by atoms with Crippen molar-refractivity contribution in [2.45, 2.75) is 105 Å². The molecule has 4 nitrogen and oxygen atoms in total. The Morgan fingerprint density at radius 2 is 1.66 bits per heavy atom. The Morgan fingerprint density at radius 1 is 0.927 bits per heavy atom. The molecule has 0 aromatic heterocycles. The molecule has 4 heteroatoms. The van der Waals surface area contributed by atoms with Gasteiger partial charge in [0, 0.05) is 6.42 Å². The maximum Gasteiger partial charge on any atom is 0.312 e. The van der Waals surface area contributed by atoms with E-state index in [4.69, 9.17) is 4.74 Å². The molecule has 1 aromatic rings. The zero-order valence-electron chi connectivity index (χ0n) is 26.1. The summed E-state index contributed by atoms with van der Waals surface area (Å²) in [4.78, 5) is 27.3. The van der Waals surface area contributed by atoms with Crippen molar-refractivity contribution in [2.75, 3.05) is 6.61 Å². The molecule has 0 radical (unpaired) electrons. The van der Waals surface area contributed by atoms with E-state index in [2.05, 4.69) is 34.3 Å². The fourth-order valence-corrected chi connectivity index (χ4v) is 12.2. The standard InChI is InChI=1S/C37H52O4/c1-24(2)26-14-19-37(32(40)41-22-25-10-8-7-9-11-25)21-20-35(5)27(31(26)37)12-13-29-33(3)17-16-30(39)34(4,23-38)28(33)15-18-36(29,35)6/h7-11,26-29,31,38H,1,12-23H2,2-6H3/t26-,27+,28+,29+,31+,33-,34-,35+,36+,37-/m0/s1. The second kappa shape index (κ2) is 9.79. The molecule has 0 bridgehead atoms. The van der Waals surface area contributed by atoms with E-state index in [1.807, 2.05) is 37.3 Å². The Morgan fingerprint density at radius 3 is 2.34 bits per heavy atom. The third kappa shape index (κ3) is 3.87. The molecule has 5 aliphatic rings. The van der Waals surface area contributed by atoms with Crippen LogP contribution in [0, 0.1) is 56.7 Å². The van der Waals surface area contributed by atoms with Crippen LogP contribution in [0.3, 0.4) is 0 Å². The highest BCUT2D eigenvalue weighted by atomic mass is 16.5. The van der Waals surface area contributed by atoms with Gasteiger partial charge in [0.25, 0.3) is 0 Å². The van der Waals surface area contributed by atoms with E-state index >= 15 is 0 Å². The predicted octanol–water partition coefficient (Wildman–Crippen LogP) is 7.93. The molecule has 0 heterocycles. The summed E-state index contributed by atoms with van der Waals surface area (Å²) in [6, 6.07) is 10.1. The van der Waals surface area contributed by atoms with Crippen LogP contribution in [0.1, 0.15) is 104 Å². The number of benzene rings is 1. The van der Waals surface area contributed by atoms with E-state index in [9.17, 15) is 14.7 Å². The Labute approximate surface area is 247 Å². The minimum absolute atomic E-state index is 0.0182. The number of rotatable bonds is 5. The summed E-state index contributed by atoms with van der Waals surface area (Å²) in [6.45, 7) is 16.6. The van der Waals surface area contributed by atoms with Crippen molar-refractivity contribution in [1.29, 1.82) is 0 Å². The molecule has 41 heavy (non-hydrogen) atoms. The lowest BCUT2D eigenvalue weighted by atomic mass is 9.32. The summed E-state index contributed by atoms with van der Waals surface area (Å²) in [7, 11) is 0. The zero-order valence-corrected chi connectivity index (χ0v) is 26.1. The molecule has 0 aliphatic heterocycles. The van der Waals surface area contributed by atoms with E-state index in [1.54, 1.807) is 0 Å². The zero-order chi connectivity index (χ0) is 29.4. The molecular weight excluding hydrogens is 508 g/mol. The fraction of sp³-hybridized carbons (Fsp3) is 0.730. The number of carbonyl (C=O) groups excluding carboxylic acids is 2. The molecule has 6 rings (SSSR count). The largest absolute Gasteiger partial charge is 0.460 e. The molecule has 0 spiro atoms. The lowest BCUT2D eigenvalue weighted by molar-refractivity contribution is -0.239. The smallest absolute Gasteiger partial charge is 0.312 e. The van der Waals surface area contributed by atoms with Crippen molar-refractivity contribution < 1.29 is 19.4 Å². The van der Waals surface area contributed by atoms with Crippen molar-refractivity contribution in [3.8, 4) is 0 Å². The minimum atomic E-state index is -0.618. The lowest BCUT2D eigenvalue weighted by Crippen LogP contribution is -2.67. The van der Waals surface area contributed by atoms with Crippen LogP contribution in [0.5, 0.6) is 0 Å². The molecule has 5 aliphatic carbocycles.